The number of carbonyl (C=O) groups excluding carboxylic acids is 1. The highest BCUT2D eigenvalue weighted by Crippen LogP contribution is 2.29. The maximum Gasteiger partial charge on any atom is 0.321 e. The Morgan fingerprint density at radius 3 is 2.70 bits per heavy atom. The van der Waals surface area contributed by atoms with Crippen LogP contribution in [0, 0.1) is 12.8 Å². The van der Waals surface area contributed by atoms with E-state index in [-0.39, 0.29) is 6.03 Å². The molecule has 0 bridgehead atoms. The molecule has 0 saturated heterocycles. The summed E-state index contributed by atoms with van der Waals surface area (Å²) in [4.78, 5) is 14.0. The van der Waals surface area contributed by atoms with Gasteiger partial charge in [0.15, 0.2) is 0 Å². The average Bonchev–Trinajstić information content (AvgIpc) is 3.48. The molecule has 0 aliphatic heterocycles. The van der Waals surface area contributed by atoms with Crippen LogP contribution >= 0.6 is 0 Å². The van der Waals surface area contributed by atoms with Gasteiger partial charge in [-0.3, -0.25) is 0 Å². The molecule has 27 heavy (non-hydrogen) atoms. The topological polar surface area (TPSA) is 50.8 Å². The molecule has 0 atom stereocenters. The second kappa shape index (κ2) is 9.42. The highest BCUT2D eigenvalue weighted by Gasteiger charge is 2.21. The van der Waals surface area contributed by atoms with Crippen LogP contribution in [0.1, 0.15) is 24.0 Å². The Morgan fingerprint density at radius 2 is 1.96 bits per heavy atom. The van der Waals surface area contributed by atoms with Gasteiger partial charge in [0.05, 0.1) is 13.2 Å². The minimum atomic E-state index is -0.154. The summed E-state index contributed by atoms with van der Waals surface area (Å²) in [5.74, 6) is 1.57. The fourth-order valence-electron chi connectivity index (χ4n) is 2.62. The predicted molar refractivity (Wildman–Crippen MR) is 107 cm³/mol. The number of carbonyl (C=O) groups is 1. The first kappa shape index (κ1) is 19.2. The van der Waals surface area contributed by atoms with Crippen molar-refractivity contribution < 1.29 is 14.3 Å². The highest BCUT2D eigenvalue weighted by atomic mass is 16.5. The first-order valence-corrected chi connectivity index (χ1v) is 9.48. The van der Waals surface area contributed by atoms with Crippen molar-refractivity contribution in [2.45, 2.75) is 26.4 Å². The Labute approximate surface area is 161 Å². The third-order valence-electron chi connectivity index (χ3n) is 4.56. The molecule has 1 aliphatic carbocycles. The zero-order valence-corrected chi connectivity index (χ0v) is 16.1. The van der Waals surface area contributed by atoms with Gasteiger partial charge in [-0.15, -0.1) is 0 Å². The molecule has 5 heteroatoms. The number of urea groups is 1. The number of benzene rings is 2. The first-order valence-electron chi connectivity index (χ1n) is 9.48. The van der Waals surface area contributed by atoms with Gasteiger partial charge in [-0.1, -0.05) is 29.8 Å². The molecular formula is C22H28N2O3. The summed E-state index contributed by atoms with van der Waals surface area (Å²) < 4.78 is 11.4. The summed E-state index contributed by atoms with van der Waals surface area (Å²) >= 11 is 0. The van der Waals surface area contributed by atoms with Gasteiger partial charge in [-0.25, -0.2) is 4.79 Å². The molecular weight excluding hydrogens is 340 g/mol. The van der Waals surface area contributed by atoms with Crippen molar-refractivity contribution in [3.63, 3.8) is 0 Å². The van der Waals surface area contributed by atoms with Crippen LogP contribution in [0.3, 0.4) is 0 Å². The van der Waals surface area contributed by atoms with Crippen molar-refractivity contribution in [1.29, 1.82) is 0 Å². The van der Waals surface area contributed by atoms with E-state index >= 15 is 0 Å². The minimum absolute atomic E-state index is 0.154. The third kappa shape index (κ3) is 6.61. The Hall–Kier alpha value is -2.53. The van der Waals surface area contributed by atoms with Gasteiger partial charge < -0.3 is 19.7 Å². The van der Waals surface area contributed by atoms with Gasteiger partial charge in [-0.2, -0.15) is 0 Å². The van der Waals surface area contributed by atoms with Crippen molar-refractivity contribution in [2.24, 2.45) is 5.92 Å². The van der Waals surface area contributed by atoms with Crippen LogP contribution in [0.5, 0.6) is 5.75 Å². The molecule has 1 saturated carbocycles. The standard InChI is InChI=1S/C22H28N2O3/c1-17-6-10-21(11-7-17)27-13-12-24(2)22(25)23-20-5-3-4-19(14-20)16-26-15-18-8-9-18/h3-7,10-11,14,18H,8-9,12-13,15-16H2,1-2H3,(H,23,25). The molecule has 1 aliphatic rings. The maximum atomic E-state index is 12.4. The summed E-state index contributed by atoms with van der Waals surface area (Å²) in [6, 6.07) is 15.5. The predicted octanol–water partition coefficient (Wildman–Crippen LogP) is 4.46. The fourth-order valence-corrected chi connectivity index (χ4v) is 2.62. The Kier molecular flexibility index (Phi) is 6.71. The summed E-state index contributed by atoms with van der Waals surface area (Å²) in [6.45, 7) is 4.41. The molecule has 2 amide bonds. The van der Waals surface area contributed by atoms with E-state index in [0.29, 0.717) is 19.8 Å². The Balaban J connectivity index is 1.40. The summed E-state index contributed by atoms with van der Waals surface area (Å²) in [5, 5.41) is 2.93. The molecule has 0 unspecified atom stereocenters. The van der Waals surface area contributed by atoms with Crippen molar-refractivity contribution >= 4 is 11.7 Å². The minimum Gasteiger partial charge on any atom is -0.492 e. The number of likely N-dealkylation sites (N-methyl/N-ethyl adjacent to an activating group) is 1. The molecule has 2 aromatic carbocycles. The fraction of sp³-hybridized carbons (Fsp3) is 0.409. The SMILES string of the molecule is Cc1ccc(OCCN(C)C(=O)Nc2cccc(COCC3CC3)c2)cc1. The zero-order valence-electron chi connectivity index (χ0n) is 16.1. The molecule has 0 heterocycles. The number of amides is 2. The van der Waals surface area contributed by atoms with Crippen LogP contribution in [0.25, 0.3) is 0 Å². The number of anilines is 1. The lowest BCUT2D eigenvalue weighted by Gasteiger charge is -2.18. The molecule has 0 spiro atoms. The third-order valence-corrected chi connectivity index (χ3v) is 4.56. The molecule has 3 rings (SSSR count). The monoisotopic (exact) mass is 368 g/mol. The van der Waals surface area contributed by atoms with Crippen LogP contribution in [0.4, 0.5) is 10.5 Å². The lowest BCUT2D eigenvalue weighted by atomic mass is 10.2. The van der Waals surface area contributed by atoms with Crippen LogP contribution in [-0.4, -0.2) is 37.7 Å². The summed E-state index contributed by atoms with van der Waals surface area (Å²) in [5.41, 5.74) is 3.04. The quantitative estimate of drug-likeness (QED) is 0.711. The second-order valence-electron chi connectivity index (χ2n) is 7.17. The van der Waals surface area contributed by atoms with Crippen LogP contribution in [0.2, 0.25) is 0 Å². The lowest BCUT2D eigenvalue weighted by molar-refractivity contribution is 0.111. The van der Waals surface area contributed by atoms with E-state index in [0.717, 1.165) is 29.5 Å². The zero-order chi connectivity index (χ0) is 19.1. The molecule has 144 valence electrons. The number of rotatable bonds is 9. The average molecular weight is 368 g/mol. The van der Waals surface area contributed by atoms with Gasteiger partial charge in [-0.05, 0) is 55.5 Å². The van der Waals surface area contributed by atoms with Gasteiger partial charge in [0.25, 0.3) is 0 Å². The molecule has 0 aromatic heterocycles. The van der Waals surface area contributed by atoms with Crippen molar-refractivity contribution in [3.05, 3.63) is 59.7 Å². The van der Waals surface area contributed by atoms with Crippen molar-refractivity contribution in [2.75, 3.05) is 32.1 Å². The van der Waals surface area contributed by atoms with Crippen LogP contribution < -0.4 is 10.1 Å². The molecule has 5 nitrogen and oxygen atoms in total. The molecule has 1 N–H and O–H groups in total. The summed E-state index contributed by atoms with van der Waals surface area (Å²) in [6.07, 6.45) is 2.58. The van der Waals surface area contributed by atoms with Gasteiger partial charge in [0, 0.05) is 19.3 Å². The van der Waals surface area contributed by atoms with E-state index in [9.17, 15) is 4.79 Å². The molecule has 1 fully saturated rings. The molecule has 0 radical (unpaired) electrons. The largest absolute Gasteiger partial charge is 0.492 e. The number of hydrogen-bond donors (Lipinski definition) is 1. The van der Waals surface area contributed by atoms with E-state index in [4.69, 9.17) is 9.47 Å². The number of nitrogens with one attached hydrogen (secondary N) is 1. The summed E-state index contributed by atoms with van der Waals surface area (Å²) in [7, 11) is 1.76. The van der Waals surface area contributed by atoms with E-state index in [2.05, 4.69) is 5.32 Å². The van der Waals surface area contributed by atoms with Gasteiger partial charge in [0.1, 0.15) is 12.4 Å². The maximum absolute atomic E-state index is 12.4. The second-order valence-corrected chi connectivity index (χ2v) is 7.17. The van der Waals surface area contributed by atoms with Crippen LogP contribution in [-0.2, 0) is 11.3 Å². The van der Waals surface area contributed by atoms with E-state index in [1.54, 1.807) is 11.9 Å². The van der Waals surface area contributed by atoms with Gasteiger partial charge in [0.2, 0.25) is 0 Å². The molecule has 2 aromatic rings. The van der Waals surface area contributed by atoms with Gasteiger partial charge >= 0.3 is 6.03 Å². The Morgan fingerprint density at radius 1 is 1.19 bits per heavy atom. The van der Waals surface area contributed by atoms with E-state index in [1.165, 1.54) is 18.4 Å². The highest BCUT2D eigenvalue weighted by molar-refractivity contribution is 5.89. The number of nitrogens with zero attached hydrogens (tertiary/aromatic N) is 1. The number of hydrogen-bond acceptors (Lipinski definition) is 3. The lowest BCUT2D eigenvalue weighted by Crippen LogP contribution is -2.34. The smallest absolute Gasteiger partial charge is 0.321 e. The van der Waals surface area contributed by atoms with Crippen molar-refractivity contribution in [3.8, 4) is 5.75 Å². The van der Waals surface area contributed by atoms with Crippen LogP contribution in [0.15, 0.2) is 48.5 Å². The van der Waals surface area contributed by atoms with E-state index in [1.807, 2.05) is 55.5 Å². The Bertz CT molecular complexity index is 741. The number of aryl methyl sites for hydroxylation is 1. The van der Waals surface area contributed by atoms with E-state index < -0.39 is 0 Å². The number of ether oxygens (including phenoxy) is 2. The first-order chi connectivity index (χ1) is 13.1. The van der Waals surface area contributed by atoms with Crippen molar-refractivity contribution in [1.82, 2.24) is 4.90 Å². The normalized spacial score (nSPS) is 13.3.